The minimum atomic E-state index is -0.592. The van der Waals surface area contributed by atoms with Gasteiger partial charge in [0.15, 0.2) is 0 Å². The summed E-state index contributed by atoms with van der Waals surface area (Å²) in [7, 11) is 0. The summed E-state index contributed by atoms with van der Waals surface area (Å²) in [5.74, 6) is 0. The van der Waals surface area contributed by atoms with Crippen LogP contribution in [0, 0.1) is 11.3 Å². The summed E-state index contributed by atoms with van der Waals surface area (Å²) < 4.78 is 0. The zero-order valence-corrected chi connectivity index (χ0v) is 19.2. The minimum absolute atomic E-state index is 0.592. The van der Waals surface area contributed by atoms with Crippen LogP contribution in [0.1, 0.15) is 30.4 Å². The summed E-state index contributed by atoms with van der Waals surface area (Å²) in [5, 5.41) is 11.1. The molecule has 1 heterocycles. The van der Waals surface area contributed by atoms with Crippen LogP contribution < -0.4 is 4.90 Å². The molecular weight excluding hydrogens is 414 g/mol. The second-order valence-electron chi connectivity index (χ2n) is 8.49. The number of nitrogens with zero attached hydrogens (tertiary/aromatic N) is 3. The number of hydrogen-bond acceptors (Lipinski definition) is 3. The third-order valence-corrected chi connectivity index (χ3v) is 6.89. The van der Waals surface area contributed by atoms with Crippen LogP contribution in [0.4, 0.5) is 5.69 Å². The van der Waals surface area contributed by atoms with Crippen molar-refractivity contribution in [2.75, 3.05) is 37.6 Å². The fourth-order valence-electron chi connectivity index (χ4n) is 4.73. The van der Waals surface area contributed by atoms with Crippen LogP contribution >= 0.6 is 11.6 Å². The van der Waals surface area contributed by atoms with E-state index in [1.165, 1.54) is 0 Å². The number of benzene rings is 3. The molecule has 0 atom stereocenters. The Morgan fingerprint density at radius 1 is 0.750 bits per heavy atom. The molecule has 3 aromatic rings. The van der Waals surface area contributed by atoms with Crippen molar-refractivity contribution in [2.45, 2.75) is 24.7 Å². The minimum Gasteiger partial charge on any atom is -0.368 e. The first-order chi connectivity index (χ1) is 15.7. The molecule has 0 aromatic heterocycles. The van der Waals surface area contributed by atoms with E-state index in [0.717, 1.165) is 73.8 Å². The normalized spacial score (nSPS) is 14.8. The fourth-order valence-corrected chi connectivity index (χ4v) is 4.99. The summed E-state index contributed by atoms with van der Waals surface area (Å²) >= 11 is 6.37. The van der Waals surface area contributed by atoms with Gasteiger partial charge in [-0.2, -0.15) is 5.26 Å². The number of rotatable bonds is 8. The lowest BCUT2D eigenvalue weighted by atomic mass is 9.72. The lowest BCUT2D eigenvalue weighted by Gasteiger charge is -2.36. The molecule has 0 N–H and O–H groups in total. The van der Waals surface area contributed by atoms with Crippen molar-refractivity contribution in [1.29, 1.82) is 5.26 Å². The van der Waals surface area contributed by atoms with Crippen molar-refractivity contribution in [3.8, 4) is 6.07 Å². The van der Waals surface area contributed by atoms with E-state index in [1.54, 1.807) is 0 Å². The van der Waals surface area contributed by atoms with Gasteiger partial charge in [0, 0.05) is 26.2 Å². The van der Waals surface area contributed by atoms with E-state index in [2.05, 4.69) is 52.3 Å². The van der Waals surface area contributed by atoms with Crippen molar-refractivity contribution < 1.29 is 0 Å². The molecule has 0 radical (unpaired) electrons. The van der Waals surface area contributed by atoms with Gasteiger partial charge in [0.1, 0.15) is 5.41 Å². The lowest BCUT2D eigenvalue weighted by Crippen LogP contribution is -2.46. The molecule has 1 aliphatic rings. The number of piperazine rings is 1. The standard InChI is InChI=1S/C28H30ClN3/c29-26-15-7-8-16-27(26)32-21-19-31(20-22-32)18-10-9-17-28(23-30,24-11-3-1-4-12-24)25-13-5-2-6-14-25/h1-8,11-16H,9-10,17-22H2. The van der Waals surface area contributed by atoms with Crippen LogP contribution in [0.25, 0.3) is 0 Å². The van der Waals surface area contributed by atoms with Crippen molar-refractivity contribution in [3.63, 3.8) is 0 Å². The molecule has 0 spiro atoms. The highest BCUT2D eigenvalue weighted by Gasteiger charge is 2.33. The molecule has 164 valence electrons. The average molecular weight is 444 g/mol. The molecule has 0 aliphatic carbocycles. The quantitative estimate of drug-likeness (QED) is 0.391. The number of unbranched alkanes of at least 4 members (excludes halogenated alkanes) is 1. The van der Waals surface area contributed by atoms with E-state index < -0.39 is 5.41 Å². The van der Waals surface area contributed by atoms with Crippen molar-refractivity contribution in [3.05, 3.63) is 101 Å². The molecule has 32 heavy (non-hydrogen) atoms. The summed E-state index contributed by atoms with van der Waals surface area (Å²) in [5.41, 5.74) is 2.72. The first-order valence-corrected chi connectivity index (χ1v) is 11.8. The van der Waals surface area contributed by atoms with Crippen LogP contribution in [0.3, 0.4) is 0 Å². The summed E-state index contributed by atoms with van der Waals surface area (Å²) in [6, 6.07) is 31.3. The Balaban J connectivity index is 1.34. The number of nitriles is 1. The molecule has 1 saturated heterocycles. The van der Waals surface area contributed by atoms with E-state index in [0.29, 0.717) is 0 Å². The smallest absolute Gasteiger partial charge is 0.107 e. The Kier molecular flexibility index (Phi) is 7.47. The topological polar surface area (TPSA) is 30.3 Å². The average Bonchev–Trinajstić information content (AvgIpc) is 2.86. The number of para-hydroxylation sites is 1. The van der Waals surface area contributed by atoms with E-state index in [1.807, 2.05) is 48.5 Å². The zero-order valence-electron chi connectivity index (χ0n) is 18.5. The van der Waals surface area contributed by atoms with Gasteiger partial charge < -0.3 is 4.90 Å². The molecule has 0 saturated carbocycles. The fraction of sp³-hybridized carbons (Fsp3) is 0.321. The maximum Gasteiger partial charge on any atom is 0.107 e. The maximum atomic E-state index is 10.3. The molecule has 3 aromatic carbocycles. The second kappa shape index (κ2) is 10.7. The monoisotopic (exact) mass is 443 g/mol. The highest BCUT2D eigenvalue weighted by Crippen LogP contribution is 2.36. The van der Waals surface area contributed by atoms with Crippen LogP contribution in [-0.2, 0) is 5.41 Å². The van der Waals surface area contributed by atoms with Gasteiger partial charge in [0.25, 0.3) is 0 Å². The van der Waals surface area contributed by atoms with E-state index in [9.17, 15) is 5.26 Å². The molecule has 1 aliphatic heterocycles. The lowest BCUT2D eigenvalue weighted by molar-refractivity contribution is 0.251. The van der Waals surface area contributed by atoms with Crippen molar-refractivity contribution in [2.24, 2.45) is 0 Å². The molecule has 0 bridgehead atoms. The van der Waals surface area contributed by atoms with Gasteiger partial charge in [0.2, 0.25) is 0 Å². The highest BCUT2D eigenvalue weighted by molar-refractivity contribution is 6.33. The zero-order chi connectivity index (χ0) is 22.2. The van der Waals surface area contributed by atoms with Gasteiger partial charge in [-0.15, -0.1) is 0 Å². The molecule has 1 fully saturated rings. The Bertz CT molecular complexity index is 982. The molecule has 4 rings (SSSR count). The SMILES string of the molecule is N#CC(CCCCN1CCN(c2ccccc2Cl)CC1)(c1ccccc1)c1ccccc1. The third kappa shape index (κ3) is 4.99. The number of halogens is 1. The van der Waals surface area contributed by atoms with E-state index >= 15 is 0 Å². The molecule has 0 unspecified atom stereocenters. The summed E-state index contributed by atoms with van der Waals surface area (Å²) in [4.78, 5) is 4.91. The third-order valence-electron chi connectivity index (χ3n) is 6.57. The van der Waals surface area contributed by atoms with Crippen molar-refractivity contribution in [1.82, 2.24) is 4.90 Å². The summed E-state index contributed by atoms with van der Waals surface area (Å²) in [6.07, 6.45) is 2.94. The van der Waals surface area contributed by atoms with Crippen LogP contribution in [0.2, 0.25) is 5.02 Å². The van der Waals surface area contributed by atoms with E-state index in [-0.39, 0.29) is 0 Å². The Labute approximate surface area is 196 Å². The predicted octanol–water partition coefficient (Wildman–Crippen LogP) is 6.14. The predicted molar refractivity (Wildman–Crippen MR) is 133 cm³/mol. The Morgan fingerprint density at radius 3 is 1.88 bits per heavy atom. The van der Waals surface area contributed by atoms with Gasteiger partial charge in [-0.1, -0.05) is 84.4 Å². The number of anilines is 1. The van der Waals surface area contributed by atoms with Gasteiger partial charge in [-0.3, -0.25) is 4.90 Å². The van der Waals surface area contributed by atoms with Gasteiger partial charge in [-0.25, -0.2) is 0 Å². The molecule has 3 nitrogen and oxygen atoms in total. The van der Waals surface area contributed by atoms with Crippen LogP contribution in [0.5, 0.6) is 0 Å². The Hall–Kier alpha value is -2.80. The van der Waals surface area contributed by atoms with Gasteiger partial charge in [-0.05, 0) is 49.1 Å². The Morgan fingerprint density at radius 2 is 1.31 bits per heavy atom. The molecule has 0 amide bonds. The second-order valence-corrected chi connectivity index (χ2v) is 8.89. The first-order valence-electron chi connectivity index (χ1n) is 11.5. The molecular formula is C28H30ClN3. The van der Waals surface area contributed by atoms with Gasteiger partial charge in [0.05, 0.1) is 16.8 Å². The van der Waals surface area contributed by atoms with Crippen LogP contribution in [0.15, 0.2) is 84.9 Å². The summed E-state index contributed by atoms with van der Waals surface area (Å²) in [6.45, 7) is 5.17. The van der Waals surface area contributed by atoms with E-state index in [4.69, 9.17) is 11.6 Å². The van der Waals surface area contributed by atoms with Crippen LogP contribution in [-0.4, -0.2) is 37.6 Å². The van der Waals surface area contributed by atoms with Crippen molar-refractivity contribution >= 4 is 17.3 Å². The largest absolute Gasteiger partial charge is 0.368 e. The van der Waals surface area contributed by atoms with Gasteiger partial charge >= 0.3 is 0 Å². The first kappa shape index (κ1) is 22.4. The molecule has 4 heteroatoms. The highest BCUT2D eigenvalue weighted by atomic mass is 35.5. The maximum absolute atomic E-state index is 10.3. The number of hydrogen-bond donors (Lipinski definition) is 0.